The van der Waals surface area contributed by atoms with Gasteiger partial charge in [0.2, 0.25) is 0 Å². The van der Waals surface area contributed by atoms with Gasteiger partial charge in [-0.15, -0.1) is 0 Å². The van der Waals surface area contributed by atoms with E-state index in [1.165, 1.54) is 6.42 Å². The van der Waals surface area contributed by atoms with Gasteiger partial charge in [0.25, 0.3) is 5.91 Å². The van der Waals surface area contributed by atoms with Gasteiger partial charge in [0.1, 0.15) is 0 Å². The number of amides is 1. The number of aliphatic hydroxyl groups excluding tert-OH is 1. The minimum atomic E-state index is -0.491. The molecule has 0 bridgehead atoms. The van der Waals surface area contributed by atoms with Gasteiger partial charge >= 0.3 is 0 Å². The molecule has 0 saturated heterocycles. The van der Waals surface area contributed by atoms with Crippen LogP contribution in [0.15, 0.2) is 72.0 Å². The second-order valence-electron chi connectivity index (χ2n) is 7.99. The number of aryl methyl sites for hydroxylation is 1. The lowest BCUT2D eigenvalue weighted by molar-refractivity contribution is -0.132. The molecule has 1 atom stereocenters. The van der Waals surface area contributed by atoms with Crippen molar-refractivity contribution in [2.45, 2.75) is 57.0 Å². The van der Waals surface area contributed by atoms with Gasteiger partial charge in [0.05, 0.1) is 11.6 Å². The molecular formula is C25H27NO3. The van der Waals surface area contributed by atoms with Crippen LogP contribution in [-0.2, 0) is 16.0 Å². The summed E-state index contributed by atoms with van der Waals surface area (Å²) < 4.78 is 0. The molecule has 1 aliphatic heterocycles. The number of Topliss-reactive ketones (excluding diaryl/α,β-unsaturated/α-hetero) is 1. The molecule has 1 N–H and O–H groups in total. The minimum absolute atomic E-state index is 0.0722. The second-order valence-corrected chi connectivity index (χ2v) is 7.99. The number of nitrogens with zero attached hydrogens (tertiary/aromatic N) is 1. The molecule has 150 valence electrons. The standard InChI is InChI=1S/C25H27NO3/c27-21(17-16-18-10-4-1-5-11-18)22-23(19-12-6-2-7-13-19)26(25(29)24(22)28)20-14-8-3-9-15-20/h1-2,4-7,10-13,20,23,28H,3,8-9,14-17H2. The van der Waals surface area contributed by atoms with Crippen molar-refractivity contribution in [2.75, 3.05) is 0 Å². The van der Waals surface area contributed by atoms with Gasteiger partial charge < -0.3 is 10.0 Å². The molecule has 1 amide bonds. The molecule has 4 rings (SSSR count). The predicted octanol–water partition coefficient (Wildman–Crippen LogP) is 4.92. The number of carbonyl (C=O) groups excluding carboxylic acids is 2. The average Bonchev–Trinajstić information content (AvgIpc) is 3.05. The summed E-state index contributed by atoms with van der Waals surface area (Å²) in [6.07, 6.45) is 6.05. The van der Waals surface area contributed by atoms with Gasteiger partial charge in [-0.3, -0.25) is 9.59 Å². The first-order chi connectivity index (χ1) is 14.2. The van der Waals surface area contributed by atoms with Gasteiger partial charge in [-0.1, -0.05) is 79.9 Å². The van der Waals surface area contributed by atoms with Crippen molar-refractivity contribution in [1.29, 1.82) is 0 Å². The van der Waals surface area contributed by atoms with Gasteiger partial charge in [-0.05, 0) is 30.4 Å². The van der Waals surface area contributed by atoms with Crippen LogP contribution in [0.5, 0.6) is 0 Å². The van der Waals surface area contributed by atoms with Crippen molar-refractivity contribution in [3.63, 3.8) is 0 Å². The van der Waals surface area contributed by atoms with Gasteiger partial charge in [-0.2, -0.15) is 0 Å². The highest BCUT2D eigenvalue weighted by atomic mass is 16.3. The summed E-state index contributed by atoms with van der Waals surface area (Å²) in [6.45, 7) is 0. The highest BCUT2D eigenvalue weighted by Crippen LogP contribution is 2.42. The lowest BCUT2D eigenvalue weighted by Gasteiger charge is -2.36. The van der Waals surface area contributed by atoms with Crippen LogP contribution < -0.4 is 0 Å². The Labute approximate surface area is 171 Å². The maximum atomic E-state index is 13.2. The van der Waals surface area contributed by atoms with E-state index < -0.39 is 11.9 Å². The molecule has 1 saturated carbocycles. The molecule has 1 fully saturated rings. The third kappa shape index (κ3) is 3.98. The molecule has 4 nitrogen and oxygen atoms in total. The van der Waals surface area contributed by atoms with Crippen LogP contribution in [0.25, 0.3) is 0 Å². The Hall–Kier alpha value is -2.88. The quantitative estimate of drug-likeness (QED) is 0.763. The predicted molar refractivity (Wildman–Crippen MR) is 112 cm³/mol. The van der Waals surface area contributed by atoms with Crippen LogP contribution in [0, 0.1) is 0 Å². The molecule has 1 unspecified atom stereocenters. The van der Waals surface area contributed by atoms with Crippen LogP contribution >= 0.6 is 0 Å². The van der Waals surface area contributed by atoms with Crippen molar-refractivity contribution in [3.8, 4) is 0 Å². The Morgan fingerprint density at radius 1 is 0.931 bits per heavy atom. The van der Waals surface area contributed by atoms with Gasteiger partial charge in [0, 0.05) is 12.5 Å². The lowest BCUT2D eigenvalue weighted by Crippen LogP contribution is -2.41. The fraction of sp³-hybridized carbons (Fsp3) is 0.360. The zero-order valence-electron chi connectivity index (χ0n) is 16.6. The lowest BCUT2D eigenvalue weighted by atomic mass is 9.89. The summed E-state index contributed by atoms with van der Waals surface area (Å²) in [5.41, 5.74) is 2.23. The Morgan fingerprint density at radius 2 is 1.55 bits per heavy atom. The summed E-state index contributed by atoms with van der Waals surface area (Å²) in [5.74, 6) is -0.900. The maximum absolute atomic E-state index is 13.2. The van der Waals surface area contributed by atoms with E-state index in [0.29, 0.717) is 6.42 Å². The molecule has 1 aliphatic carbocycles. The first kappa shape index (κ1) is 19.4. The number of ketones is 1. The summed E-state index contributed by atoms with van der Waals surface area (Å²) in [6, 6.07) is 19.1. The van der Waals surface area contributed by atoms with Crippen molar-refractivity contribution in [1.82, 2.24) is 4.90 Å². The molecule has 1 heterocycles. The number of carbonyl (C=O) groups is 2. The number of rotatable bonds is 6. The molecule has 2 aromatic rings. The summed E-state index contributed by atoms with van der Waals surface area (Å²) in [7, 11) is 0. The van der Waals surface area contributed by atoms with Crippen molar-refractivity contribution < 1.29 is 14.7 Å². The van der Waals surface area contributed by atoms with Gasteiger partial charge in [0.15, 0.2) is 11.5 Å². The SMILES string of the molecule is O=C(CCc1ccccc1)C1=C(O)C(=O)N(C2CCCCC2)C1c1ccccc1. The van der Waals surface area contributed by atoms with Crippen LogP contribution in [0.4, 0.5) is 0 Å². The van der Waals surface area contributed by atoms with E-state index in [0.717, 1.165) is 36.8 Å². The summed E-state index contributed by atoms with van der Waals surface area (Å²) in [5, 5.41) is 10.7. The van der Waals surface area contributed by atoms with E-state index in [4.69, 9.17) is 0 Å². The van der Waals surface area contributed by atoms with Crippen molar-refractivity contribution >= 4 is 11.7 Å². The first-order valence-electron chi connectivity index (χ1n) is 10.5. The van der Waals surface area contributed by atoms with E-state index in [-0.39, 0.29) is 29.6 Å². The topological polar surface area (TPSA) is 57.6 Å². The summed E-state index contributed by atoms with van der Waals surface area (Å²) >= 11 is 0. The molecule has 2 aromatic carbocycles. The molecule has 0 spiro atoms. The first-order valence-corrected chi connectivity index (χ1v) is 10.5. The van der Waals surface area contributed by atoms with Crippen LogP contribution in [-0.4, -0.2) is 27.7 Å². The van der Waals surface area contributed by atoms with Crippen molar-refractivity contribution in [2.24, 2.45) is 0 Å². The smallest absolute Gasteiger partial charge is 0.290 e. The van der Waals surface area contributed by atoms with E-state index in [9.17, 15) is 14.7 Å². The normalized spacial score (nSPS) is 20.3. The number of aliphatic hydroxyl groups is 1. The number of hydrogen-bond acceptors (Lipinski definition) is 3. The Morgan fingerprint density at radius 3 is 2.21 bits per heavy atom. The average molecular weight is 389 g/mol. The summed E-state index contributed by atoms with van der Waals surface area (Å²) in [4.78, 5) is 28.0. The fourth-order valence-electron chi connectivity index (χ4n) is 4.64. The Kier molecular flexibility index (Phi) is 5.79. The third-order valence-corrected chi connectivity index (χ3v) is 6.11. The fourth-order valence-corrected chi connectivity index (χ4v) is 4.64. The maximum Gasteiger partial charge on any atom is 0.290 e. The molecule has 2 aliphatic rings. The van der Waals surface area contributed by atoms with Crippen molar-refractivity contribution in [3.05, 3.63) is 83.1 Å². The largest absolute Gasteiger partial charge is 0.503 e. The van der Waals surface area contributed by atoms with Crippen LogP contribution in [0.2, 0.25) is 0 Å². The third-order valence-electron chi connectivity index (χ3n) is 6.11. The zero-order valence-corrected chi connectivity index (χ0v) is 16.6. The van der Waals surface area contributed by atoms with Crippen LogP contribution in [0.1, 0.15) is 55.7 Å². The number of benzene rings is 2. The molecule has 29 heavy (non-hydrogen) atoms. The highest BCUT2D eigenvalue weighted by Gasteiger charge is 2.46. The Balaban J connectivity index is 1.64. The molecule has 4 heteroatoms. The van der Waals surface area contributed by atoms with Crippen LogP contribution in [0.3, 0.4) is 0 Å². The van der Waals surface area contributed by atoms with E-state index in [2.05, 4.69) is 0 Å². The van der Waals surface area contributed by atoms with E-state index >= 15 is 0 Å². The van der Waals surface area contributed by atoms with E-state index in [1.54, 1.807) is 4.90 Å². The van der Waals surface area contributed by atoms with Gasteiger partial charge in [-0.25, -0.2) is 0 Å². The second kappa shape index (κ2) is 8.64. The minimum Gasteiger partial charge on any atom is -0.503 e. The number of hydrogen-bond donors (Lipinski definition) is 1. The highest BCUT2D eigenvalue weighted by molar-refractivity contribution is 6.09. The van der Waals surface area contributed by atoms with E-state index in [1.807, 2.05) is 60.7 Å². The zero-order chi connectivity index (χ0) is 20.2. The Bertz CT molecular complexity index is 898. The molecular weight excluding hydrogens is 362 g/mol. The molecule has 0 radical (unpaired) electrons. The molecule has 0 aromatic heterocycles. The monoisotopic (exact) mass is 389 g/mol.